The number of benzene rings is 12. The van der Waals surface area contributed by atoms with Crippen LogP contribution >= 0.6 is 0 Å². The molecule has 0 aliphatic heterocycles. The molecule has 12 rings (SSSR count). The molecule has 0 aliphatic rings. The van der Waals surface area contributed by atoms with E-state index in [9.17, 15) is 0 Å². The van der Waals surface area contributed by atoms with Crippen molar-refractivity contribution in [1.29, 1.82) is 0 Å². The van der Waals surface area contributed by atoms with E-state index < -0.39 is 0 Å². The van der Waals surface area contributed by atoms with Crippen LogP contribution in [0.3, 0.4) is 0 Å². The molecule has 0 spiro atoms. The number of hydrogen-bond donors (Lipinski definition) is 0. The van der Waals surface area contributed by atoms with Gasteiger partial charge < -0.3 is 4.90 Å². The molecule has 0 radical (unpaired) electrons. The van der Waals surface area contributed by atoms with Gasteiger partial charge in [-0.25, -0.2) is 0 Å². The first-order valence-electron chi connectivity index (χ1n) is 23.7. The summed E-state index contributed by atoms with van der Waals surface area (Å²) in [6, 6.07) is 104. The fraction of sp³-hybridized carbons (Fsp3) is 0. The Morgan fingerprint density at radius 2 is 0.536 bits per heavy atom. The van der Waals surface area contributed by atoms with Gasteiger partial charge in [-0.15, -0.1) is 0 Å². The smallest absolute Gasteiger partial charge is 0.0467 e. The van der Waals surface area contributed by atoms with Crippen LogP contribution in [-0.4, -0.2) is 0 Å². The van der Waals surface area contributed by atoms with Crippen LogP contribution in [-0.2, 0) is 0 Å². The lowest BCUT2D eigenvalue weighted by Crippen LogP contribution is -2.10. The van der Waals surface area contributed by atoms with Crippen molar-refractivity contribution in [2.24, 2.45) is 0 Å². The van der Waals surface area contributed by atoms with Gasteiger partial charge in [0.15, 0.2) is 0 Å². The first-order valence-corrected chi connectivity index (χ1v) is 23.7. The van der Waals surface area contributed by atoms with E-state index in [2.05, 4.69) is 290 Å². The Kier molecular flexibility index (Phi) is 11.0. The van der Waals surface area contributed by atoms with Gasteiger partial charge in [0.05, 0.1) is 0 Å². The van der Waals surface area contributed by atoms with Crippen molar-refractivity contribution in [3.63, 3.8) is 0 Å². The fourth-order valence-electron chi connectivity index (χ4n) is 10.2. The molecule has 0 heterocycles. The van der Waals surface area contributed by atoms with Gasteiger partial charge in [0.2, 0.25) is 0 Å². The molecule has 0 bridgehead atoms. The molecule has 0 aliphatic carbocycles. The summed E-state index contributed by atoms with van der Waals surface area (Å²) in [5.41, 5.74) is 20.1. The second-order valence-corrected chi connectivity index (χ2v) is 17.6. The minimum atomic E-state index is 1.08. The summed E-state index contributed by atoms with van der Waals surface area (Å²) in [4.78, 5) is 2.39. The van der Waals surface area contributed by atoms with Gasteiger partial charge in [0, 0.05) is 17.1 Å². The molecule has 0 aromatic heterocycles. The zero-order chi connectivity index (χ0) is 45.9. The van der Waals surface area contributed by atoms with Crippen LogP contribution in [0.15, 0.2) is 285 Å². The molecule has 324 valence electrons. The van der Waals surface area contributed by atoms with E-state index >= 15 is 0 Å². The van der Waals surface area contributed by atoms with E-state index in [0.29, 0.717) is 0 Å². The molecule has 0 atom stereocenters. The van der Waals surface area contributed by atoms with E-state index in [0.717, 1.165) is 33.8 Å². The Labute approximate surface area is 404 Å². The maximum atomic E-state index is 2.41. The van der Waals surface area contributed by atoms with Crippen LogP contribution in [0, 0.1) is 0 Å². The van der Waals surface area contributed by atoms with Crippen LogP contribution in [0.2, 0.25) is 0 Å². The van der Waals surface area contributed by atoms with E-state index in [-0.39, 0.29) is 0 Å². The highest BCUT2D eigenvalue weighted by Gasteiger charge is 2.20. The van der Waals surface area contributed by atoms with E-state index in [1.165, 1.54) is 82.7 Å². The molecule has 12 aromatic rings. The minimum absolute atomic E-state index is 1.08. The Balaban J connectivity index is 1.00. The summed E-state index contributed by atoms with van der Waals surface area (Å²) in [5.74, 6) is 0. The van der Waals surface area contributed by atoms with Crippen molar-refractivity contribution >= 4 is 38.6 Å². The summed E-state index contributed by atoms with van der Waals surface area (Å²) >= 11 is 0. The third kappa shape index (κ3) is 7.97. The molecule has 1 nitrogen and oxygen atoms in total. The molecule has 0 amide bonds. The van der Waals surface area contributed by atoms with Gasteiger partial charge in [-0.2, -0.15) is 0 Å². The van der Waals surface area contributed by atoms with Gasteiger partial charge in [-0.1, -0.05) is 243 Å². The summed E-state index contributed by atoms with van der Waals surface area (Å²) in [6.07, 6.45) is 0. The average molecular weight is 878 g/mol. The zero-order valence-electron chi connectivity index (χ0n) is 38.1. The number of nitrogens with zero attached hydrogens (tertiary/aromatic N) is 1. The molecule has 0 fully saturated rings. The van der Waals surface area contributed by atoms with Crippen LogP contribution in [0.4, 0.5) is 17.1 Å². The van der Waals surface area contributed by atoms with Crippen LogP contribution in [0.5, 0.6) is 0 Å². The first kappa shape index (κ1) is 41.4. The molecular weight excluding hydrogens is 831 g/mol. The lowest BCUT2D eigenvalue weighted by atomic mass is 9.84. The zero-order valence-corrected chi connectivity index (χ0v) is 38.1. The highest BCUT2D eigenvalue weighted by Crippen LogP contribution is 2.47. The summed E-state index contributed by atoms with van der Waals surface area (Å²) in [5, 5.41) is 4.98. The summed E-state index contributed by atoms with van der Waals surface area (Å²) in [6.45, 7) is 0. The molecule has 0 N–H and O–H groups in total. The normalized spacial score (nSPS) is 11.2. The lowest BCUT2D eigenvalue weighted by molar-refractivity contribution is 1.28. The minimum Gasteiger partial charge on any atom is -0.310 e. The second kappa shape index (κ2) is 18.3. The molecular formula is C68H47N. The maximum Gasteiger partial charge on any atom is 0.0467 e. The summed E-state index contributed by atoms with van der Waals surface area (Å²) < 4.78 is 0. The topological polar surface area (TPSA) is 3.24 Å². The number of hydrogen-bond acceptors (Lipinski definition) is 1. The Bertz CT molecular complexity index is 3720. The van der Waals surface area contributed by atoms with Crippen molar-refractivity contribution in [3.05, 3.63) is 285 Å². The molecule has 0 saturated carbocycles. The van der Waals surface area contributed by atoms with Crippen LogP contribution in [0.1, 0.15) is 0 Å². The number of rotatable bonds is 10. The number of fused-ring (bicyclic) bond motifs is 3. The van der Waals surface area contributed by atoms with Gasteiger partial charge in [-0.3, -0.25) is 0 Å². The molecule has 69 heavy (non-hydrogen) atoms. The maximum absolute atomic E-state index is 2.41. The predicted molar refractivity (Wildman–Crippen MR) is 294 cm³/mol. The lowest BCUT2D eigenvalue weighted by Gasteiger charge is -2.27. The molecule has 0 saturated heterocycles. The highest BCUT2D eigenvalue weighted by atomic mass is 15.1. The molecule has 1 heteroatoms. The molecule has 0 unspecified atom stereocenters. The Hall–Kier alpha value is -9.04. The SMILES string of the molecule is c1ccc(-c2ccc(N(c3ccc(-c4cccc(-c5ccccc5)c4-c4ccccc4)cc3)c3cccc(-c4ccc5c(c4)c(-c4ccccc4)c(-c4ccccc4)c4ccccc45)c3)cc2)cc1. The van der Waals surface area contributed by atoms with Crippen LogP contribution < -0.4 is 4.90 Å². The van der Waals surface area contributed by atoms with Crippen molar-refractivity contribution < 1.29 is 0 Å². The second-order valence-electron chi connectivity index (χ2n) is 17.6. The predicted octanol–water partition coefficient (Wildman–Crippen LogP) is 19.1. The number of anilines is 3. The first-order chi connectivity index (χ1) is 34.2. The Morgan fingerprint density at radius 3 is 1.10 bits per heavy atom. The van der Waals surface area contributed by atoms with Crippen molar-refractivity contribution in [2.45, 2.75) is 0 Å². The van der Waals surface area contributed by atoms with Gasteiger partial charge in [-0.05, 0) is 142 Å². The van der Waals surface area contributed by atoms with Crippen molar-refractivity contribution in [3.8, 4) is 77.9 Å². The molecule has 12 aromatic carbocycles. The summed E-state index contributed by atoms with van der Waals surface area (Å²) in [7, 11) is 0. The Morgan fingerprint density at radius 1 is 0.174 bits per heavy atom. The third-order valence-electron chi connectivity index (χ3n) is 13.5. The highest BCUT2D eigenvalue weighted by molar-refractivity contribution is 6.22. The third-order valence-corrected chi connectivity index (χ3v) is 13.5. The van der Waals surface area contributed by atoms with Crippen LogP contribution in [0.25, 0.3) is 99.4 Å². The average Bonchev–Trinajstić information content (AvgIpc) is 3.44. The van der Waals surface area contributed by atoms with E-state index in [1.807, 2.05) is 0 Å². The quantitative estimate of drug-likeness (QED) is 0.124. The van der Waals surface area contributed by atoms with E-state index in [1.54, 1.807) is 0 Å². The largest absolute Gasteiger partial charge is 0.310 e. The fourth-order valence-corrected chi connectivity index (χ4v) is 10.2. The monoisotopic (exact) mass is 877 g/mol. The van der Waals surface area contributed by atoms with Gasteiger partial charge in [0.1, 0.15) is 0 Å². The van der Waals surface area contributed by atoms with Gasteiger partial charge in [0.25, 0.3) is 0 Å². The van der Waals surface area contributed by atoms with Crippen molar-refractivity contribution in [1.82, 2.24) is 0 Å². The van der Waals surface area contributed by atoms with E-state index in [4.69, 9.17) is 0 Å². The van der Waals surface area contributed by atoms with Crippen molar-refractivity contribution in [2.75, 3.05) is 4.90 Å². The van der Waals surface area contributed by atoms with Gasteiger partial charge >= 0.3 is 0 Å². The standard InChI is InChI=1S/C68H47N/c1-6-20-48(21-7-1)49-36-41-57(42-37-49)69(58-43-38-51(39-44-58)61-35-19-34-60(50-22-8-2-9-23-50)66(61)52-24-10-3-11-25-52)59-31-18-30-55(46-59)56-40-45-63-62-32-16-17-33-64(62)67(53-26-12-4-13-27-53)68(65(63)47-56)54-28-14-5-15-29-54/h1-47H.